The van der Waals surface area contributed by atoms with E-state index < -0.39 is 0 Å². The molecule has 4 heteroatoms. The summed E-state index contributed by atoms with van der Waals surface area (Å²) >= 11 is 1.42. The summed E-state index contributed by atoms with van der Waals surface area (Å²) in [6.45, 7) is 12.5. The smallest absolute Gasteiger partial charge is 0.195 e. The molecule has 0 aliphatic carbocycles. The third kappa shape index (κ3) is 11.0. The minimum atomic E-state index is 0.0115. The lowest BCUT2D eigenvalue weighted by Gasteiger charge is -2.24. The van der Waals surface area contributed by atoms with E-state index in [2.05, 4.69) is 44.1 Å². The topological polar surface area (TPSA) is 41.5 Å². The lowest BCUT2D eigenvalue weighted by Crippen LogP contribution is -2.16. The molecule has 128 valence electrons. The first-order chi connectivity index (χ1) is 10.3. The van der Waals surface area contributed by atoms with Crippen molar-refractivity contribution >= 4 is 23.1 Å². The van der Waals surface area contributed by atoms with E-state index in [-0.39, 0.29) is 16.4 Å². The molecule has 1 N–H and O–H groups in total. The van der Waals surface area contributed by atoms with Gasteiger partial charge in [0.25, 0.3) is 0 Å². The molecular weight excluding hydrogens is 292 g/mol. The Morgan fingerprint density at radius 2 is 2.05 bits per heavy atom. The summed E-state index contributed by atoms with van der Waals surface area (Å²) in [5.41, 5.74) is 1.50. The van der Waals surface area contributed by atoms with Crippen LogP contribution < -0.4 is 5.32 Å². The summed E-state index contributed by atoms with van der Waals surface area (Å²) < 4.78 is 0. The van der Waals surface area contributed by atoms with Gasteiger partial charge in [0.05, 0.1) is 0 Å². The van der Waals surface area contributed by atoms with Crippen molar-refractivity contribution in [2.75, 3.05) is 25.9 Å². The quantitative estimate of drug-likeness (QED) is 0.369. The Hall–Kier alpha value is -0.610. The fourth-order valence-electron chi connectivity index (χ4n) is 2.14. The van der Waals surface area contributed by atoms with Gasteiger partial charge >= 0.3 is 0 Å². The molecule has 0 bridgehead atoms. The first-order valence-corrected chi connectivity index (χ1v) is 9.28. The van der Waals surface area contributed by atoms with Gasteiger partial charge in [-0.15, -0.1) is 0 Å². The van der Waals surface area contributed by atoms with Gasteiger partial charge in [0.1, 0.15) is 0 Å². The summed E-state index contributed by atoms with van der Waals surface area (Å²) in [7, 11) is 1.93. The molecule has 1 unspecified atom stereocenters. The standard InChI is InChI=1S/C18H34N2OS/c1-7-9-16(14-18(3,4)5)15(2)17(21)22-13-12-20-11-8-10-19-6/h9,11,15,19H,7-8,10,12-14H2,1-6H3/b16-9-,20-11?. The molecule has 0 heterocycles. The molecule has 0 aromatic carbocycles. The average Bonchev–Trinajstić information content (AvgIpc) is 2.43. The molecule has 0 rings (SSSR count). The molecule has 0 radical (unpaired) electrons. The second-order valence-corrected chi connectivity index (χ2v) is 7.89. The summed E-state index contributed by atoms with van der Waals surface area (Å²) in [4.78, 5) is 16.7. The van der Waals surface area contributed by atoms with Crippen LogP contribution in [0, 0.1) is 11.3 Å². The van der Waals surface area contributed by atoms with Crippen LogP contribution in [0.1, 0.15) is 53.9 Å². The largest absolute Gasteiger partial charge is 0.319 e. The Bertz CT molecular complexity index is 370. The second-order valence-electron chi connectivity index (χ2n) is 6.79. The molecule has 0 spiro atoms. The number of allylic oxidation sites excluding steroid dienone is 2. The fourth-order valence-corrected chi connectivity index (χ4v) is 2.94. The number of hydrogen-bond acceptors (Lipinski definition) is 4. The van der Waals surface area contributed by atoms with Crippen molar-refractivity contribution in [2.24, 2.45) is 16.3 Å². The van der Waals surface area contributed by atoms with Gasteiger partial charge in [-0.25, -0.2) is 0 Å². The molecule has 0 aromatic rings. The number of thioether (sulfide) groups is 1. The lowest BCUT2D eigenvalue weighted by atomic mass is 9.83. The second kappa shape index (κ2) is 11.9. The lowest BCUT2D eigenvalue weighted by molar-refractivity contribution is -0.113. The maximum Gasteiger partial charge on any atom is 0.195 e. The van der Waals surface area contributed by atoms with Gasteiger partial charge in [0, 0.05) is 18.2 Å². The number of nitrogens with zero attached hydrogens (tertiary/aromatic N) is 1. The van der Waals surface area contributed by atoms with E-state index in [9.17, 15) is 4.79 Å². The van der Waals surface area contributed by atoms with Crippen LogP contribution in [0.2, 0.25) is 0 Å². The van der Waals surface area contributed by atoms with Crippen molar-refractivity contribution in [3.63, 3.8) is 0 Å². The van der Waals surface area contributed by atoms with E-state index in [0.717, 1.165) is 38.1 Å². The van der Waals surface area contributed by atoms with Crippen molar-refractivity contribution < 1.29 is 4.79 Å². The summed E-state index contributed by atoms with van der Waals surface area (Å²) in [6.07, 6.45) is 7.08. The van der Waals surface area contributed by atoms with Crippen molar-refractivity contribution in [3.8, 4) is 0 Å². The molecule has 22 heavy (non-hydrogen) atoms. The van der Waals surface area contributed by atoms with Gasteiger partial charge in [-0.2, -0.15) is 0 Å². The summed E-state index contributed by atoms with van der Waals surface area (Å²) in [5.74, 6) is 0.783. The maximum absolute atomic E-state index is 12.3. The Labute approximate surface area is 141 Å². The Morgan fingerprint density at radius 1 is 1.36 bits per heavy atom. The molecule has 1 atom stereocenters. The van der Waals surface area contributed by atoms with Crippen LogP contribution >= 0.6 is 11.8 Å². The normalized spacial score (nSPS) is 14.5. The predicted octanol–water partition coefficient (Wildman–Crippen LogP) is 4.34. The number of carbonyl (C=O) groups is 1. The van der Waals surface area contributed by atoms with Crippen LogP contribution in [0.3, 0.4) is 0 Å². The minimum absolute atomic E-state index is 0.0115. The number of nitrogens with one attached hydrogen (secondary N) is 1. The number of rotatable bonds is 10. The molecule has 0 fully saturated rings. The summed E-state index contributed by atoms with van der Waals surface area (Å²) in [6, 6.07) is 0. The van der Waals surface area contributed by atoms with E-state index in [1.54, 1.807) is 0 Å². The van der Waals surface area contributed by atoms with Crippen LogP contribution in [-0.4, -0.2) is 37.2 Å². The van der Waals surface area contributed by atoms with Gasteiger partial charge in [-0.05, 0) is 44.5 Å². The van der Waals surface area contributed by atoms with Crippen LogP contribution in [0.4, 0.5) is 0 Å². The highest BCUT2D eigenvalue weighted by Gasteiger charge is 2.22. The molecule has 0 aliphatic heterocycles. The van der Waals surface area contributed by atoms with Gasteiger partial charge < -0.3 is 5.32 Å². The number of hydrogen-bond donors (Lipinski definition) is 1. The zero-order valence-corrected chi connectivity index (χ0v) is 16.1. The molecule has 0 saturated carbocycles. The molecule has 0 saturated heterocycles. The highest BCUT2D eigenvalue weighted by atomic mass is 32.2. The molecule has 0 aromatic heterocycles. The Morgan fingerprint density at radius 3 is 2.59 bits per heavy atom. The summed E-state index contributed by atoms with van der Waals surface area (Å²) in [5, 5.41) is 3.35. The van der Waals surface area contributed by atoms with Crippen molar-refractivity contribution in [1.82, 2.24) is 5.32 Å². The molecule has 0 amide bonds. The highest BCUT2D eigenvalue weighted by molar-refractivity contribution is 8.13. The van der Waals surface area contributed by atoms with E-state index in [0.29, 0.717) is 0 Å². The van der Waals surface area contributed by atoms with E-state index >= 15 is 0 Å². The fraction of sp³-hybridized carbons (Fsp3) is 0.778. The Balaban J connectivity index is 4.27. The zero-order valence-electron chi connectivity index (χ0n) is 15.2. The third-order valence-electron chi connectivity index (χ3n) is 3.23. The Kier molecular flexibility index (Phi) is 11.6. The van der Waals surface area contributed by atoms with Gasteiger partial charge in [-0.1, -0.05) is 58.0 Å². The molecule has 0 aliphatic rings. The highest BCUT2D eigenvalue weighted by Crippen LogP contribution is 2.31. The van der Waals surface area contributed by atoms with Crippen LogP contribution in [0.5, 0.6) is 0 Å². The van der Waals surface area contributed by atoms with Gasteiger partial charge in [0.2, 0.25) is 0 Å². The predicted molar refractivity (Wildman–Crippen MR) is 101 cm³/mol. The van der Waals surface area contributed by atoms with Crippen molar-refractivity contribution in [1.29, 1.82) is 0 Å². The van der Waals surface area contributed by atoms with E-state index in [1.165, 1.54) is 17.3 Å². The third-order valence-corrected chi connectivity index (χ3v) is 4.25. The minimum Gasteiger partial charge on any atom is -0.319 e. The van der Waals surface area contributed by atoms with Crippen molar-refractivity contribution in [2.45, 2.75) is 53.9 Å². The van der Waals surface area contributed by atoms with E-state index in [4.69, 9.17) is 0 Å². The van der Waals surface area contributed by atoms with Crippen LogP contribution in [0.25, 0.3) is 0 Å². The van der Waals surface area contributed by atoms with Crippen LogP contribution in [-0.2, 0) is 4.79 Å². The van der Waals surface area contributed by atoms with Gasteiger partial charge in [0.15, 0.2) is 5.12 Å². The average molecular weight is 327 g/mol. The number of carbonyl (C=O) groups excluding carboxylic acids is 1. The molecular formula is C18H34N2OS. The number of aliphatic imine (C=N–C) groups is 1. The SMILES string of the molecule is CC/C=C(/CC(C)(C)C)C(C)C(=O)SCCN=CCCNC. The van der Waals surface area contributed by atoms with Crippen LogP contribution in [0.15, 0.2) is 16.6 Å². The maximum atomic E-state index is 12.3. The van der Waals surface area contributed by atoms with E-state index in [1.807, 2.05) is 20.2 Å². The first-order valence-electron chi connectivity index (χ1n) is 8.30. The van der Waals surface area contributed by atoms with Gasteiger partial charge in [-0.3, -0.25) is 9.79 Å². The zero-order chi connectivity index (χ0) is 17.0. The molecule has 3 nitrogen and oxygen atoms in total. The van der Waals surface area contributed by atoms with Crippen molar-refractivity contribution in [3.05, 3.63) is 11.6 Å². The monoisotopic (exact) mass is 326 g/mol. The first kappa shape index (κ1) is 21.4.